The van der Waals surface area contributed by atoms with Crippen LogP contribution in [0.1, 0.15) is 48.0 Å². The highest BCUT2D eigenvalue weighted by Gasteiger charge is 2.17. The number of carbonyl (C=O) groups excluding carboxylic acids is 1. The van der Waals surface area contributed by atoms with Gasteiger partial charge in [0.05, 0.1) is 0 Å². The quantitative estimate of drug-likeness (QED) is 0.854. The summed E-state index contributed by atoms with van der Waals surface area (Å²) in [6, 6.07) is 8.30. The van der Waals surface area contributed by atoms with E-state index >= 15 is 0 Å². The minimum absolute atomic E-state index is 0.0959. The lowest BCUT2D eigenvalue weighted by molar-refractivity contribution is 0.0927. The maximum Gasteiger partial charge on any atom is 0.251 e. The molecule has 0 unspecified atom stereocenters. The maximum absolute atomic E-state index is 12.4. The van der Waals surface area contributed by atoms with Crippen molar-refractivity contribution in [1.29, 1.82) is 0 Å². The Bertz CT molecular complexity index is 411. The van der Waals surface area contributed by atoms with E-state index in [2.05, 4.69) is 10.6 Å². The molecule has 0 aromatic heterocycles. The fraction of sp³-hybridized carbons (Fsp3) is 0.562. The van der Waals surface area contributed by atoms with Crippen molar-refractivity contribution < 1.29 is 4.79 Å². The fourth-order valence-electron chi connectivity index (χ4n) is 2.73. The van der Waals surface area contributed by atoms with Crippen molar-refractivity contribution in [1.82, 2.24) is 10.6 Å². The predicted molar refractivity (Wildman–Crippen MR) is 78.4 cm³/mol. The van der Waals surface area contributed by atoms with Crippen LogP contribution in [0, 0.1) is 0 Å². The number of nitrogens with one attached hydrogen (secondary N) is 2. The predicted octanol–water partition coefficient (Wildman–Crippen LogP) is 2.51. The van der Waals surface area contributed by atoms with Gasteiger partial charge in [-0.2, -0.15) is 0 Å². The Hall–Kier alpha value is -1.35. The van der Waals surface area contributed by atoms with Crippen LogP contribution in [0.25, 0.3) is 0 Å². The van der Waals surface area contributed by atoms with Gasteiger partial charge in [0, 0.05) is 11.6 Å². The second-order valence-electron chi connectivity index (χ2n) is 5.32. The first-order valence-electron chi connectivity index (χ1n) is 7.34. The Morgan fingerprint density at radius 3 is 2.68 bits per heavy atom. The highest BCUT2D eigenvalue weighted by Crippen LogP contribution is 2.18. The third kappa shape index (κ3) is 4.06. The smallest absolute Gasteiger partial charge is 0.251 e. The van der Waals surface area contributed by atoms with Crippen LogP contribution in [0.3, 0.4) is 0 Å². The molecule has 0 atom stereocenters. The number of rotatable bonds is 5. The van der Waals surface area contributed by atoms with Crippen LogP contribution in [0.2, 0.25) is 0 Å². The van der Waals surface area contributed by atoms with E-state index in [1.54, 1.807) is 0 Å². The second kappa shape index (κ2) is 7.29. The van der Waals surface area contributed by atoms with Gasteiger partial charge in [0.1, 0.15) is 0 Å². The summed E-state index contributed by atoms with van der Waals surface area (Å²) in [4.78, 5) is 12.4. The van der Waals surface area contributed by atoms with E-state index in [1.165, 1.54) is 19.3 Å². The van der Waals surface area contributed by atoms with E-state index in [4.69, 9.17) is 0 Å². The largest absolute Gasteiger partial charge is 0.349 e. The minimum Gasteiger partial charge on any atom is -0.349 e. The zero-order valence-electron chi connectivity index (χ0n) is 11.7. The first kappa shape index (κ1) is 14.1. The Balaban J connectivity index is 2.00. The molecule has 2 rings (SSSR count). The van der Waals surface area contributed by atoms with E-state index < -0.39 is 0 Å². The van der Waals surface area contributed by atoms with Crippen LogP contribution in [0.4, 0.5) is 0 Å². The van der Waals surface area contributed by atoms with Crippen molar-refractivity contribution in [3.8, 4) is 0 Å². The van der Waals surface area contributed by atoms with Gasteiger partial charge in [0.25, 0.3) is 5.91 Å². The molecular formula is C16H24N2O. The summed E-state index contributed by atoms with van der Waals surface area (Å²) in [6.45, 7) is 0.897. The van der Waals surface area contributed by atoms with Gasteiger partial charge >= 0.3 is 0 Å². The summed E-state index contributed by atoms with van der Waals surface area (Å²) in [6.07, 6.45) is 6.95. The van der Waals surface area contributed by atoms with Gasteiger partial charge in [-0.05, 0) is 44.5 Å². The Kier molecular flexibility index (Phi) is 5.40. The van der Waals surface area contributed by atoms with Crippen LogP contribution in [-0.4, -0.2) is 25.5 Å². The van der Waals surface area contributed by atoms with Gasteiger partial charge in [-0.3, -0.25) is 4.79 Å². The SMILES string of the molecule is CNCCc1ccccc1C(=O)NC1CCCCC1. The molecule has 1 amide bonds. The topological polar surface area (TPSA) is 41.1 Å². The third-order valence-electron chi connectivity index (χ3n) is 3.85. The Morgan fingerprint density at radius 1 is 1.21 bits per heavy atom. The van der Waals surface area contributed by atoms with E-state index in [1.807, 2.05) is 31.3 Å². The maximum atomic E-state index is 12.4. The van der Waals surface area contributed by atoms with Gasteiger partial charge in [0.2, 0.25) is 0 Å². The normalized spacial score (nSPS) is 16.3. The fourth-order valence-corrected chi connectivity index (χ4v) is 2.73. The average molecular weight is 260 g/mol. The Morgan fingerprint density at radius 2 is 1.95 bits per heavy atom. The standard InChI is InChI=1S/C16H24N2O/c1-17-12-11-13-7-5-6-10-15(13)16(19)18-14-8-3-2-4-9-14/h5-7,10,14,17H,2-4,8-9,11-12H2,1H3,(H,18,19). The van der Waals surface area contributed by atoms with Gasteiger partial charge in [-0.1, -0.05) is 37.5 Å². The van der Waals surface area contributed by atoms with E-state index in [0.29, 0.717) is 6.04 Å². The van der Waals surface area contributed by atoms with Crippen molar-refractivity contribution in [2.75, 3.05) is 13.6 Å². The summed E-state index contributed by atoms with van der Waals surface area (Å²) >= 11 is 0. The molecule has 0 radical (unpaired) electrons. The van der Waals surface area contributed by atoms with Crippen molar-refractivity contribution in [2.45, 2.75) is 44.6 Å². The van der Waals surface area contributed by atoms with Crippen molar-refractivity contribution in [2.24, 2.45) is 0 Å². The molecule has 0 spiro atoms. The molecule has 3 nitrogen and oxygen atoms in total. The molecule has 2 N–H and O–H groups in total. The highest BCUT2D eigenvalue weighted by molar-refractivity contribution is 5.95. The van der Waals surface area contributed by atoms with Crippen molar-refractivity contribution >= 4 is 5.91 Å². The Labute approximate surface area is 115 Å². The van der Waals surface area contributed by atoms with Gasteiger partial charge in [-0.15, -0.1) is 0 Å². The van der Waals surface area contributed by atoms with Crippen molar-refractivity contribution in [3.63, 3.8) is 0 Å². The third-order valence-corrected chi connectivity index (χ3v) is 3.85. The van der Waals surface area contributed by atoms with Gasteiger partial charge in [-0.25, -0.2) is 0 Å². The molecule has 0 saturated heterocycles. The molecule has 1 aliphatic rings. The molecule has 1 aliphatic carbocycles. The summed E-state index contributed by atoms with van der Waals surface area (Å²) in [7, 11) is 1.94. The molecule has 1 aromatic rings. The van der Waals surface area contributed by atoms with E-state index in [9.17, 15) is 4.79 Å². The lowest BCUT2D eigenvalue weighted by Crippen LogP contribution is -2.36. The number of likely N-dealkylation sites (N-methyl/N-ethyl adjacent to an activating group) is 1. The summed E-state index contributed by atoms with van der Waals surface area (Å²) in [5, 5.41) is 6.32. The molecule has 3 heteroatoms. The van der Waals surface area contributed by atoms with Crippen LogP contribution < -0.4 is 10.6 Å². The number of benzene rings is 1. The molecule has 0 bridgehead atoms. The first-order chi connectivity index (χ1) is 9.31. The lowest BCUT2D eigenvalue weighted by Gasteiger charge is -2.23. The van der Waals surface area contributed by atoms with Crippen LogP contribution in [-0.2, 0) is 6.42 Å². The number of amides is 1. The zero-order valence-corrected chi connectivity index (χ0v) is 11.7. The zero-order chi connectivity index (χ0) is 13.5. The summed E-state index contributed by atoms with van der Waals surface area (Å²) < 4.78 is 0. The average Bonchev–Trinajstić information content (AvgIpc) is 2.46. The van der Waals surface area contributed by atoms with E-state index in [0.717, 1.165) is 36.9 Å². The van der Waals surface area contributed by atoms with Crippen LogP contribution >= 0.6 is 0 Å². The van der Waals surface area contributed by atoms with Crippen LogP contribution in [0.5, 0.6) is 0 Å². The van der Waals surface area contributed by atoms with Gasteiger partial charge in [0.15, 0.2) is 0 Å². The first-order valence-corrected chi connectivity index (χ1v) is 7.34. The van der Waals surface area contributed by atoms with Crippen molar-refractivity contribution in [3.05, 3.63) is 35.4 Å². The van der Waals surface area contributed by atoms with Gasteiger partial charge < -0.3 is 10.6 Å². The summed E-state index contributed by atoms with van der Waals surface area (Å²) in [5.74, 6) is 0.0959. The molecule has 104 valence electrons. The number of carbonyl (C=O) groups is 1. The number of hydrogen-bond acceptors (Lipinski definition) is 2. The van der Waals surface area contributed by atoms with Crippen LogP contribution in [0.15, 0.2) is 24.3 Å². The molecule has 1 aromatic carbocycles. The monoisotopic (exact) mass is 260 g/mol. The lowest BCUT2D eigenvalue weighted by atomic mass is 9.95. The second-order valence-corrected chi connectivity index (χ2v) is 5.32. The summed E-state index contributed by atoms with van der Waals surface area (Å²) in [5.41, 5.74) is 1.97. The molecule has 1 saturated carbocycles. The highest BCUT2D eigenvalue weighted by atomic mass is 16.1. The minimum atomic E-state index is 0.0959. The molecule has 1 fully saturated rings. The molecular weight excluding hydrogens is 236 g/mol. The molecule has 0 heterocycles. The van der Waals surface area contributed by atoms with E-state index in [-0.39, 0.29) is 5.91 Å². The molecule has 0 aliphatic heterocycles. The molecule has 19 heavy (non-hydrogen) atoms. The number of hydrogen-bond donors (Lipinski definition) is 2.